The predicted molar refractivity (Wildman–Crippen MR) is 62.5 cm³/mol. The smallest absolute Gasteiger partial charge is 0.328 e. The molecule has 0 saturated heterocycles. The highest BCUT2D eigenvalue weighted by Gasteiger charge is 2.04. The minimum absolute atomic E-state index is 0.503. The molecule has 1 aromatic heterocycles. The lowest BCUT2D eigenvalue weighted by atomic mass is 10.2. The van der Waals surface area contributed by atoms with Crippen molar-refractivity contribution in [3.8, 4) is 0 Å². The zero-order valence-electron chi connectivity index (χ0n) is 8.49. The third kappa shape index (κ3) is 2.06. The summed E-state index contributed by atoms with van der Waals surface area (Å²) in [4.78, 5) is 17.6. The van der Waals surface area contributed by atoms with Gasteiger partial charge in [-0.2, -0.15) is 0 Å². The molecule has 16 heavy (non-hydrogen) atoms. The maximum atomic E-state index is 10.4. The Morgan fingerprint density at radius 2 is 2.31 bits per heavy atom. The maximum Gasteiger partial charge on any atom is 0.328 e. The van der Waals surface area contributed by atoms with Gasteiger partial charge in [-0.3, -0.25) is 0 Å². The number of carboxylic acid groups (broad SMARTS) is 1. The molecule has 0 spiro atoms. The molecule has 2 N–H and O–H groups in total. The molecule has 0 amide bonds. The molecule has 0 bridgehead atoms. The highest BCUT2D eigenvalue weighted by atomic mass is 35.5. The highest BCUT2D eigenvalue weighted by Crippen LogP contribution is 2.21. The first-order valence-electron chi connectivity index (χ1n) is 4.63. The number of nitrogens with one attached hydrogen (secondary N) is 1. The Kier molecular flexibility index (Phi) is 2.66. The third-order valence-corrected chi connectivity index (χ3v) is 2.36. The van der Waals surface area contributed by atoms with E-state index in [-0.39, 0.29) is 0 Å². The second-order valence-electron chi connectivity index (χ2n) is 3.41. The average Bonchev–Trinajstić information content (AvgIpc) is 2.57. The largest absolute Gasteiger partial charge is 0.478 e. The molecule has 82 valence electrons. The topological polar surface area (TPSA) is 66.0 Å². The molecule has 0 atom stereocenters. The second kappa shape index (κ2) is 3.98. The van der Waals surface area contributed by atoms with Crippen LogP contribution in [0, 0.1) is 6.92 Å². The molecule has 2 aromatic rings. The molecular formula is C11H9ClN2O2. The molecule has 0 radical (unpaired) electrons. The second-order valence-corrected chi connectivity index (χ2v) is 3.85. The number of fused-ring (bicyclic) bond motifs is 1. The van der Waals surface area contributed by atoms with Gasteiger partial charge in [0.2, 0.25) is 0 Å². The Morgan fingerprint density at radius 3 is 3.00 bits per heavy atom. The van der Waals surface area contributed by atoms with E-state index in [0.717, 1.165) is 22.7 Å². The fraction of sp³-hybridized carbons (Fsp3) is 0.0909. The van der Waals surface area contributed by atoms with Crippen molar-refractivity contribution >= 4 is 34.7 Å². The lowest BCUT2D eigenvalue weighted by Crippen LogP contribution is -1.86. The van der Waals surface area contributed by atoms with Crippen LogP contribution < -0.4 is 0 Å². The maximum absolute atomic E-state index is 10.4. The first-order valence-corrected chi connectivity index (χ1v) is 5.01. The van der Waals surface area contributed by atoms with Gasteiger partial charge in [-0.1, -0.05) is 11.6 Å². The number of aliphatic carboxylic acids is 1. The summed E-state index contributed by atoms with van der Waals surface area (Å²) < 4.78 is 0. The van der Waals surface area contributed by atoms with Crippen LogP contribution in [0.2, 0.25) is 5.02 Å². The number of rotatable bonds is 2. The summed E-state index contributed by atoms with van der Waals surface area (Å²) in [6, 6.07) is 3.57. The minimum atomic E-state index is -1.00. The molecule has 0 saturated carbocycles. The number of aromatic nitrogens is 2. The van der Waals surface area contributed by atoms with Crippen LogP contribution in [0.4, 0.5) is 0 Å². The van der Waals surface area contributed by atoms with Gasteiger partial charge >= 0.3 is 5.97 Å². The van der Waals surface area contributed by atoms with Crippen LogP contribution in [0.1, 0.15) is 11.4 Å². The molecule has 0 aliphatic heterocycles. The summed E-state index contributed by atoms with van der Waals surface area (Å²) in [6.07, 6.45) is 2.45. The van der Waals surface area contributed by atoms with E-state index in [2.05, 4.69) is 9.97 Å². The molecule has 1 heterocycles. The van der Waals surface area contributed by atoms with Crippen LogP contribution in [-0.4, -0.2) is 21.0 Å². The van der Waals surface area contributed by atoms with Gasteiger partial charge in [0, 0.05) is 11.1 Å². The monoisotopic (exact) mass is 236 g/mol. The Morgan fingerprint density at radius 1 is 1.56 bits per heavy atom. The van der Waals surface area contributed by atoms with Crippen LogP contribution in [0.15, 0.2) is 18.2 Å². The molecule has 0 unspecified atom stereocenters. The summed E-state index contributed by atoms with van der Waals surface area (Å²) in [5.74, 6) is -0.502. The minimum Gasteiger partial charge on any atom is -0.478 e. The SMILES string of the molecule is Cc1cc(Cl)cc2[nH]c(/C=C/C(=O)O)nc12. The highest BCUT2D eigenvalue weighted by molar-refractivity contribution is 6.31. The quantitative estimate of drug-likeness (QED) is 0.788. The van der Waals surface area contributed by atoms with E-state index >= 15 is 0 Å². The van der Waals surface area contributed by atoms with Gasteiger partial charge in [0.05, 0.1) is 11.0 Å². The van der Waals surface area contributed by atoms with Crippen molar-refractivity contribution in [2.24, 2.45) is 0 Å². The first-order chi connectivity index (χ1) is 7.56. The van der Waals surface area contributed by atoms with Crippen molar-refractivity contribution in [1.82, 2.24) is 9.97 Å². The van der Waals surface area contributed by atoms with Gasteiger partial charge < -0.3 is 10.1 Å². The van der Waals surface area contributed by atoms with E-state index in [1.165, 1.54) is 6.08 Å². The standard InChI is InChI=1S/C11H9ClN2O2/c1-6-4-7(12)5-8-11(6)14-9(13-8)2-3-10(15)16/h2-5H,1H3,(H,13,14)(H,15,16)/b3-2+. The number of halogens is 1. The van der Waals surface area contributed by atoms with Gasteiger partial charge in [-0.25, -0.2) is 9.78 Å². The Labute approximate surface area is 96.6 Å². The van der Waals surface area contributed by atoms with Crippen LogP contribution in [0.5, 0.6) is 0 Å². The molecule has 4 nitrogen and oxygen atoms in total. The van der Waals surface area contributed by atoms with Crippen molar-refractivity contribution in [2.45, 2.75) is 6.92 Å². The molecule has 0 aliphatic rings. The van der Waals surface area contributed by atoms with Gasteiger partial charge in [0.15, 0.2) is 0 Å². The van der Waals surface area contributed by atoms with Gasteiger partial charge in [0.25, 0.3) is 0 Å². The zero-order chi connectivity index (χ0) is 11.7. The lowest BCUT2D eigenvalue weighted by Gasteiger charge is -1.94. The van der Waals surface area contributed by atoms with Crippen LogP contribution in [-0.2, 0) is 4.79 Å². The van der Waals surface area contributed by atoms with Crippen LogP contribution in [0.3, 0.4) is 0 Å². The first kappa shape index (κ1) is 10.7. The van der Waals surface area contributed by atoms with Crippen molar-refractivity contribution < 1.29 is 9.90 Å². The summed E-state index contributed by atoms with van der Waals surface area (Å²) >= 11 is 5.90. The Balaban J connectivity index is 2.52. The third-order valence-electron chi connectivity index (χ3n) is 2.14. The van der Waals surface area contributed by atoms with E-state index in [1.54, 1.807) is 6.07 Å². The number of nitrogens with zero attached hydrogens (tertiary/aromatic N) is 1. The number of carbonyl (C=O) groups is 1. The van der Waals surface area contributed by atoms with Crippen LogP contribution in [0.25, 0.3) is 17.1 Å². The number of H-pyrrole nitrogens is 1. The van der Waals surface area contributed by atoms with E-state index in [9.17, 15) is 4.79 Å². The predicted octanol–water partition coefficient (Wildman–Crippen LogP) is 2.62. The fourth-order valence-corrected chi connectivity index (χ4v) is 1.77. The number of hydrogen-bond acceptors (Lipinski definition) is 2. The van der Waals surface area contributed by atoms with Gasteiger partial charge in [0.1, 0.15) is 5.82 Å². The number of imidazole rings is 1. The van der Waals surface area contributed by atoms with Crippen LogP contribution >= 0.6 is 11.6 Å². The van der Waals surface area contributed by atoms with Crippen molar-refractivity contribution in [2.75, 3.05) is 0 Å². The summed E-state index contributed by atoms with van der Waals surface area (Å²) in [7, 11) is 0. The fourth-order valence-electron chi connectivity index (χ4n) is 1.49. The van der Waals surface area contributed by atoms with Crippen molar-refractivity contribution in [3.63, 3.8) is 0 Å². The van der Waals surface area contributed by atoms with E-state index in [0.29, 0.717) is 10.8 Å². The van der Waals surface area contributed by atoms with Crippen molar-refractivity contribution in [3.05, 3.63) is 34.6 Å². The average molecular weight is 237 g/mol. The summed E-state index contributed by atoms with van der Waals surface area (Å²) in [5.41, 5.74) is 2.55. The normalized spacial score (nSPS) is 11.4. The molecule has 0 fully saturated rings. The number of aryl methyl sites for hydroxylation is 1. The molecule has 2 rings (SSSR count). The molecule has 0 aliphatic carbocycles. The summed E-state index contributed by atoms with van der Waals surface area (Å²) in [5, 5.41) is 9.13. The Bertz CT molecular complexity index is 587. The number of aromatic amines is 1. The van der Waals surface area contributed by atoms with Crippen molar-refractivity contribution in [1.29, 1.82) is 0 Å². The van der Waals surface area contributed by atoms with E-state index in [1.807, 2.05) is 13.0 Å². The molecular weight excluding hydrogens is 228 g/mol. The van der Waals surface area contributed by atoms with Gasteiger partial charge in [-0.15, -0.1) is 0 Å². The molecule has 5 heteroatoms. The number of hydrogen-bond donors (Lipinski definition) is 2. The van der Waals surface area contributed by atoms with E-state index < -0.39 is 5.97 Å². The molecule has 1 aromatic carbocycles. The van der Waals surface area contributed by atoms with E-state index in [4.69, 9.17) is 16.7 Å². The van der Waals surface area contributed by atoms with Gasteiger partial charge in [-0.05, 0) is 30.7 Å². The Hall–Kier alpha value is -1.81. The summed E-state index contributed by atoms with van der Waals surface area (Å²) in [6.45, 7) is 1.90. The number of carboxylic acids is 1. The zero-order valence-corrected chi connectivity index (χ0v) is 9.25. The lowest BCUT2D eigenvalue weighted by molar-refractivity contribution is -0.131. The number of benzene rings is 1.